The molecule has 19 heavy (non-hydrogen) atoms. The second kappa shape index (κ2) is 6.51. The molecule has 0 heterocycles. The third-order valence-electron chi connectivity index (χ3n) is 2.45. The van der Waals surface area contributed by atoms with Gasteiger partial charge in [-0.1, -0.05) is 13.3 Å². The average Bonchev–Trinajstić information content (AvgIpc) is 2.38. The van der Waals surface area contributed by atoms with Crippen LogP contribution in [0, 0.1) is 23.3 Å². The van der Waals surface area contributed by atoms with Crippen LogP contribution in [0.25, 0.3) is 0 Å². The normalized spacial score (nSPS) is 10.6. The van der Waals surface area contributed by atoms with E-state index >= 15 is 0 Å². The van der Waals surface area contributed by atoms with Gasteiger partial charge in [-0.15, -0.1) is 0 Å². The molecule has 0 radical (unpaired) electrons. The molecule has 0 aromatic heterocycles. The fourth-order valence-electron chi connectivity index (χ4n) is 1.38. The minimum atomic E-state index is -1.87. The molecular formula is C12H12F4O3. The Kier molecular flexibility index (Phi) is 5.29. The van der Waals surface area contributed by atoms with Crippen molar-refractivity contribution in [3.8, 4) is 0 Å². The van der Waals surface area contributed by atoms with Gasteiger partial charge in [-0.25, -0.2) is 22.4 Å². The summed E-state index contributed by atoms with van der Waals surface area (Å²) in [5.41, 5.74) is -2.59. The largest absolute Gasteiger partial charge is 0.462 e. The highest BCUT2D eigenvalue weighted by Gasteiger charge is 2.29. The maximum Gasteiger partial charge on any atom is 0.344 e. The second-order valence-corrected chi connectivity index (χ2v) is 3.76. The molecule has 0 spiro atoms. The van der Waals surface area contributed by atoms with E-state index in [0.717, 1.165) is 0 Å². The second-order valence-electron chi connectivity index (χ2n) is 3.76. The van der Waals surface area contributed by atoms with Crippen molar-refractivity contribution in [2.24, 2.45) is 0 Å². The Labute approximate surface area is 106 Å². The first kappa shape index (κ1) is 15.4. The summed E-state index contributed by atoms with van der Waals surface area (Å²) in [6.07, 6.45) is 1.12. The number of hydrogen-bond acceptors (Lipinski definition) is 3. The maximum absolute atomic E-state index is 13.5. The number of carbonyl (C=O) groups is 1. The van der Waals surface area contributed by atoms with Crippen LogP contribution in [0.5, 0.6) is 0 Å². The van der Waals surface area contributed by atoms with Crippen LogP contribution in [0.1, 0.15) is 35.7 Å². The third kappa shape index (κ3) is 3.04. The summed E-state index contributed by atoms with van der Waals surface area (Å²) in [5.74, 6) is -8.83. The monoisotopic (exact) mass is 280 g/mol. The summed E-state index contributed by atoms with van der Waals surface area (Å²) < 4.78 is 58.0. The van der Waals surface area contributed by atoms with E-state index in [0.29, 0.717) is 12.8 Å². The van der Waals surface area contributed by atoms with Crippen LogP contribution in [0.4, 0.5) is 17.6 Å². The fourth-order valence-corrected chi connectivity index (χ4v) is 1.38. The highest BCUT2D eigenvalue weighted by atomic mass is 19.2. The summed E-state index contributed by atoms with van der Waals surface area (Å²) in [6.45, 7) is 0.459. The molecule has 1 aromatic carbocycles. The molecule has 0 unspecified atom stereocenters. The van der Waals surface area contributed by atoms with E-state index < -0.39 is 47.0 Å². The van der Waals surface area contributed by atoms with Crippen LogP contribution < -0.4 is 0 Å². The van der Waals surface area contributed by atoms with Crippen LogP contribution in [0.15, 0.2) is 0 Å². The Bertz CT molecular complexity index is 459. The maximum atomic E-state index is 13.5. The van der Waals surface area contributed by atoms with E-state index in [1.54, 1.807) is 6.92 Å². The Morgan fingerprint density at radius 2 is 1.63 bits per heavy atom. The van der Waals surface area contributed by atoms with Crippen molar-refractivity contribution in [3.63, 3.8) is 0 Å². The molecule has 0 amide bonds. The van der Waals surface area contributed by atoms with Crippen molar-refractivity contribution in [3.05, 3.63) is 34.4 Å². The van der Waals surface area contributed by atoms with Gasteiger partial charge in [0.05, 0.1) is 18.8 Å². The molecule has 0 aliphatic rings. The first-order valence-corrected chi connectivity index (χ1v) is 5.58. The summed E-state index contributed by atoms with van der Waals surface area (Å²) in [7, 11) is 0. The quantitative estimate of drug-likeness (QED) is 0.390. The molecule has 1 rings (SSSR count). The molecular weight excluding hydrogens is 268 g/mol. The summed E-state index contributed by atoms with van der Waals surface area (Å²) in [6, 6.07) is 0. The van der Waals surface area contributed by atoms with Crippen molar-refractivity contribution in [1.29, 1.82) is 0 Å². The number of rotatable bonds is 5. The molecule has 0 fully saturated rings. The fraction of sp³-hybridized carbons (Fsp3) is 0.417. The molecule has 0 bridgehead atoms. The molecule has 3 nitrogen and oxygen atoms in total. The van der Waals surface area contributed by atoms with Crippen molar-refractivity contribution in [2.45, 2.75) is 26.4 Å². The molecule has 1 aromatic rings. The predicted octanol–water partition coefficient (Wildman–Crippen LogP) is 2.69. The minimum Gasteiger partial charge on any atom is -0.462 e. The SMILES string of the molecule is CCCCOC(=O)c1c(F)c(F)c(CO)c(F)c1F. The van der Waals surface area contributed by atoms with Crippen LogP contribution in [0.3, 0.4) is 0 Å². The van der Waals surface area contributed by atoms with E-state index in [1.807, 2.05) is 0 Å². The summed E-state index contributed by atoms with van der Waals surface area (Å²) in [5, 5.41) is 8.62. The van der Waals surface area contributed by atoms with Gasteiger partial charge in [-0.3, -0.25) is 0 Å². The molecule has 0 saturated heterocycles. The number of ether oxygens (including phenoxy) is 1. The van der Waals surface area contributed by atoms with E-state index in [9.17, 15) is 22.4 Å². The first-order chi connectivity index (χ1) is 8.95. The smallest absolute Gasteiger partial charge is 0.344 e. The lowest BCUT2D eigenvalue weighted by atomic mass is 10.1. The van der Waals surface area contributed by atoms with Gasteiger partial charge in [0, 0.05) is 0 Å². The van der Waals surface area contributed by atoms with Crippen molar-refractivity contribution < 1.29 is 32.2 Å². The van der Waals surface area contributed by atoms with Crippen LogP contribution >= 0.6 is 0 Å². The van der Waals surface area contributed by atoms with Gasteiger partial charge in [0.1, 0.15) is 5.56 Å². The van der Waals surface area contributed by atoms with Gasteiger partial charge >= 0.3 is 5.97 Å². The zero-order chi connectivity index (χ0) is 14.6. The zero-order valence-corrected chi connectivity index (χ0v) is 10.1. The predicted molar refractivity (Wildman–Crippen MR) is 57.4 cm³/mol. The highest BCUT2D eigenvalue weighted by Crippen LogP contribution is 2.24. The zero-order valence-electron chi connectivity index (χ0n) is 10.1. The number of aliphatic hydroxyl groups excluding tert-OH is 1. The topological polar surface area (TPSA) is 46.5 Å². The summed E-state index contributed by atoms with van der Waals surface area (Å²) >= 11 is 0. The van der Waals surface area contributed by atoms with Crippen molar-refractivity contribution >= 4 is 5.97 Å². The highest BCUT2D eigenvalue weighted by molar-refractivity contribution is 5.90. The third-order valence-corrected chi connectivity index (χ3v) is 2.45. The Morgan fingerprint density at radius 1 is 1.11 bits per heavy atom. The molecule has 0 aliphatic carbocycles. The number of unbranched alkanes of at least 4 members (excludes halogenated alkanes) is 1. The van der Waals surface area contributed by atoms with Gasteiger partial charge in [-0.2, -0.15) is 0 Å². The molecule has 7 heteroatoms. The lowest BCUT2D eigenvalue weighted by molar-refractivity contribution is 0.0485. The van der Waals surface area contributed by atoms with E-state index in [2.05, 4.69) is 4.74 Å². The number of carbonyl (C=O) groups excluding carboxylic acids is 1. The number of benzene rings is 1. The summed E-state index contributed by atoms with van der Waals surface area (Å²) in [4.78, 5) is 11.4. The number of hydrogen-bond donors (Lipinski definition) is 1. The van der Waals surface area contributed by atoms with E-state index in [-0.39, 0.29) is 6.61 Å². The Hall–Kier alpha value is -1.63. The lowest BCUT2D eigenvalue weighted by Crippen LogP contribution is -2.16. The van der Waals surface area contributed by atoms with Crippen LogP contribution in [0.2, 0.25) is 0 Å². The van der Waals surface area contributed by atoms with E-state index in [1.165, 1.54) is 0 Å². The van der Waals surface area contributed by atoms with Gasteiger partial charge in [-0.05, 0) is 6.42 Å². The standard InChI is InChI=1S/C12H12F4O3/c1-2-3-4-19-12(18)7-10(15)8(13)6(5-17)9(14)11(7)16/h17H,2-5H2,1H3. The van der Waals surface area contributed by atoms with Gasteiger partial charge in [0.25, 0.3) is 0 Å². The van der Waals surface area contributed by atoms with Crippen molar-refractivity contribution in [1.82, 2.24) is 0 Å². The lowest BCUT2D eigenvalue weighted by Gasteiger charge is -2.10. The number of aliphatic hydroxyl groups is 1. The van der Waals surface area contributed by atoms with Gasteiger partial charge in [0.15, 0.2) is 23.3 Å². The van der Waals surface area contributed by atoms with E-state index in [4.69, 9.17) is 5.11 Å². The van der Waals surface area contributed by atoms with Gasteiger partial charge in [0.2, 0.25) is 0 Å². The molecule has 0 saturated carbocycles. The molecule has 106 valence electrons. The molecule has 0 atom stereocenters. The first-order valence-electron chi connectivity index (χ1n) is 5.58. The minimum absolute atomic E-state index is 0.112. The molecule has 0 aliphatic heterocycles. The number of esters is 1. The van der Waals surface area contributed by atoms with Crippen LogP contribution in [-0.4, -0.2) is 17.7 Å². The number of halogens is 4. The van der Waals surface area contributed by atoms with Crippen molar-refractivity contribution in [2.75, 3.05) is 6.61 Å². The average molecular weight is 280 g/mol. The Balaban J connectivity index is 3.18. The van der Waals surface area contributed by atoms with Crippen LogP contribution in [-0.2, 0) is 11.3 Å². The van der Waals surface area contributed by atoms with Gasteiger partial charge < -0.3 is 9.84 Å². The Morgan fingerprint density at radius 3 is 2.05 bits per heavy atom. The molecule has 1 N–H and O–H groups in total.